The highest BCUT2D eigenvalue weighted by atomic mass is 19.4. The number of H-pyrrole nitrogens is 1. The average molecular weight is 257 g/mol. The normalized spacial score (nSPS) is 11.3. The number of anilines is 1. The van der Waals surface area contributed by atoms with E-state index in [1.165, 1.54) is 18.2 Å². The van der Waals surface area contributed by atoms with Gasteiger partial charge in [0.2, 0.25) is 0 Å². The van der Waals surface area contributed by atoms with E-state index in [1.807, 2.05) is 0 Å². The molecule has 18 heavy (non-hydrogen) atoms. The highest BCUT2D eigenvalue weighted by Crippen LogP contribution is 2.29. The van der Waals surface area contributed by atoms with Crippen LogP contribution >= 0.6 is 0 Å². The predicted molar refractivity (Wildman–Crippen MR) is 59.0 cm³/mol. The molecule has 2 N–H and O–H groups in total. The number of ether oxygens (including phenoxy) is 1. The largest absolute Gasteiger partial charge is 0.573 e. The minimum atomic E-state index is -4.71. The van der Waals surface area contributed by atoms with E-state index >= 15 is 0 Å². The Bertz CT molecular complexity index is 496. The van der Waals surface area contributed by atoms with Crippen LogP contribution in [0.25, 0.3) is 0 Å². The van der Waals surface area contributed by atoms with E-state index in [0.29, 0.717) is 5.82 Å². The molecule has 0 radical (unpaired) electrons. The lowest BCUT2D eigenvalue weighted by Crippen LogP contribution is -2.18. The number of nitrogens with one attached hydrogen (secondary N) is 2. The summed E-state index contributed by atoms with van der Waals surface area (Å²) in [6, 6.07) is 5.84. The number of imidazole rings is 1. The molecule has 0 aliphatic rings. The predicted octanol–water partition coefficient (Wildman–Crippen LogP) is 2.92. The molecule has 1 aromatic carbocycles. The van der Waals surface area contributed by atoms with Crippen LogP contribution < -0.4 is 10.1 Å². The molecular weight excluding hydrogens is 247 g/mol. The van der Waals surface area contributed by atoms with Crippen LogP contribution in [0.1, 0.15) is 5.82 Å². The first-order valence-electron chi connectivity index (χ1n) is 5.11. The van der Waals surface area contributed by atoms with Gasteiger partial charge in [-0.1, -0.05) is 12.1 Å². The van der Waals surface area contributed by atoms with Gasteiger partial charge >= 0.3 is 6.36 Å². The van der Waals surface area contributed by atoms with Gasteiger partial charge in [0.15, 0.2) is 5.75 Å². The topological polar surface area (TPSA) is 49.9 Å². The average Bonchev–Trinajstić information content (AvgIpc) is 2.79. The summed E-state index contributed by atoms with van der Waals surface area (Å²) in [6.45, 7) is 0.283. The van der Waals surface area contributed by atoms with E-state index in [9.17, 15) is 13.2 Å². The quantitative estimate of drug-likeness (QED) is 0.885. The van der Waals surface area contributed by atoms with Gasteiger partial charge < -0.3 is 15.0 Å². The van der Waals surface area contributed by atoms with Gasteiger partial charge in [-0.15, -0.1) is 13.2 Å². The van der Waals surface area contributed by atoms with Gasteiger partial charge in [-0.05, 0) is 12.1 Å². The molecule has 0 amide bonds. The van der Waals surface area contributed by atoms with Crippen molar-refractivity contribution in [3.05, 3.63) is 42.5 Å². The Balaban J connectivity index is 2.07. The van der Waals surface area contributed by atoms with Crippen LogP contribution in [0, 0.1) is 0 Å². The number of rotatable bonds is 4. The molecule has 0 spiro atoms. The molecule has 2 aromatic rings. The summed E-state index contributed by atoms with van der Waals surface area (Å²) in [7, 11) is 0. The van der Waals surface area contributed by atoms with Crippen molar-refractivity contribution in [3.63, 3.8) is 0 Å². The van der Waals surface area contributed by atoms with Crippen molar-refractivity contribution in [1.29, 1.82) is 0 Å². The van der Waals surface area contributed by atoms with Crippen molar-refractivity contribution in [2.24, 2.45) is 0 Å². The van der Waals surface area contributed by atoms with Gasteiger partial charge in [0.1, 0.15) is 5.82 Å². The molecule has 0 fully saturated rings. The fraction of sp³-hybridized carbons (Fsp3) is 0.182. The van der Waals surface area contributed by atoms with Gasteiger partial charge in [0.05, 0.1) is 12.2 Å². The van der Waals surface area contributed by atoms with Crippen molar-refractivity contribution in [2.45, 2.75) is 12.9 Å². The van der Waals surface area contributed by atoms with Crippen LogP contribution in [0.4, 0.5) is 18.9 Å². The monoisotopic (exact) mass is 257 g/mol. The number of aromatic amines is 1. The van der Waals surface area contributed by atoms with Crippen LogP contribution in [0.2, 0.25) is 0 Å². The number of benzene rings is 1. The van der Waals surface area contributed by atoms with Crippen molar-refractivity contribution < 1.29 is 17.9 Å². The molecule has 0 saturated heterocycles. The molecule has 96 valence electrons. The summed E-state index contributed by atoms with van der Waals surface area (Å²) in [6.07, 6.45) is -1.51. The first-order valence-corrected chi connectivity index (χ1v) is 5.11. The van der Waals surface area contributed by atoms with Gasteiger partial charge in [-0.2, -0.15) is 0 Å². The number of nitrogens with zero attached hydrogens (tertiary/aromatic N) is 1. The third-order valence-electron chi connectivity index (χ3n) is 2.11. The number of halogens is 3. The van der Waals surface area contributed by atoms with E-state index in [-0.39, 0.29) is 18.0 Å². The fourth-order valence-corrected chi connectivity index (χ4v) is 1.40. The van der Waals surface area contributed by atoms with E-state index in [0.717, 1.165) is 0 Å². The Morgan fingerprint density at radius 2 is 2.06 bits per heavy atom. The molecular formula is C11H10F3N3O. The van der Waals surface area contributed by atoms with Crippen molar-refractivity contribution in [3.8, 4) is 5.75 Å². The third-order valence-corrected chi connectivity index (χ3v) is 2.11. The molecule has 4 nitrogen and oxygen atoms in total. The van der Waals surface area contributed by atoms with Gasteiger partial charge in [-0.25, -0.2) is 4.98 Å². The fourth-order valence-electron chi connectivity index (χ4n) is 1.40. The van der Waals surface area contributed by atoms with Crippen LogP contribution in [-0.2, 0) is 6.54 Å². The molecule has 1 aromatic heterocycles. The molecule has 0 bridgehead atoms. The molecule has 0 aliphatic heterocycles. The van der Waals surface area contributed by atoms with Crippen molar-refractivity contribution in [2.75, 3.05) is 5.32 Å². The Morgan fingerprint density at radius 1 is 1.28 bits per heavy atom. The number of aromatic nitrogens is 2. The zero-order valence-corrected chi connectivity index (χ0v) is 9.16. The first-order chi connectivity index (χ1) is 8.54. The molecule has 2 rings (SSSR count). The Labute approximate surface area is 101 Å². The lowest BCUT2D eigenvalue weighted by Gasteiger charge is -2.13. The van der Waals surface area contributed by atoms with Crippen molar-refractivity contribution in [1.82, 2.24) is 9.97 Å². The zero-order valence-electron chi connectivity index (χ0n) is 9.16. The van der Waals surface area contributed by atoms with Gasteiger partial charge in [0, 0.05) is 12.4 Å². The minimum absolute atomic E-state index is 0.256. The molecule has 0 aliphatic carbocycles. The number of alkyl halides is 3. The standard InChI is InChI=1S/C11H10F3N3O/c12-11(13,14)18-9-4-2-1-3-8(9)17-7-10-15-5-6-16-10/h1-6,17H,7H2,(H,15,16). The number of hydrogen-bond donors (Lipinski definition) is 2. The summed E-state index contributed by atoms with van der Waals surface area (Å²) >= 11 is 0. The Kier molecular flexibility index (Phi) is 3.40. The van der Waals surface area contributed by atoms with Crippen LogP contribution in [-0.4, -0.2) is 16.3 Å². The lowest BCUT2D eigenvalue weighted by molar-refractivity contribution is -0.274. The third kappa shape index (κ3) is 3.41. The maximum Gasteiger partial charge on any atom is 0.573 e. The lowest BCUT2D eigenvalue weighted by atomic mass is 10.3. The SMILES string of the molecule is FC(F)(F)Oc1ccccc1NCc1ncc[nH]1. The van der Waals surface area contributed by atoms with Gasteiger partial charge in [-0.3, -0.25) is 0 Å². The molecule has 1 heterocycles. The summed E-state index contributed by atoms with van der Waals surface area (Å²) in [5.41, 5.74) is 0.256. The molecule has 7 heteroatoms. The maximum atomic E-state index is 12.2. The minimum Gasteiger partial charge on any atom is -0.404 e. The first kappa shape index (κ1) is 12.3. The molecule has 0 atom stereocenters. The highest BCUT2D eigenvalue weighted by molar-refractivity contribution is 5.56. The molecule has 0 saturated carbocycles. The number of hydrogen-bond acceptors (Lipinski definition) is 3. The summed E-state index contributed by atoms with van der Waals surface area (Å²) in [4.78, 5) is 6.79. The summed E-state index contributed by atoms with van der Waals surface area (Å²) in [5, 5.41) is 2.82. The molecule has 0 unspecified atom stereocenters. The maximum absolute atomic E-state index is 12.2. The van der Waals surface area contributed by atoms with Crippen LogP contribution in [0.5, 0.6) is 5.75 Å². The van der Waals surface area contributed by atoms with E-state index in [2.05, 4.69) is 20.0 Å². The van der Waals surface area contributed by atoms with Crippen LogP contribution in [0.3, 0.4) is 0 Å². The van der Waals surface area contributed by atoms with Gasteiger partial charge in [0.25, 0.3) is 0 Å². The number of para-hydroxylation sites is 2. The highest BCUT2D eigenvalue weighted by Gasteiger charge is 2.32. The Morgan fingerprint density at radius 3 is 2.72 bits per heavy atom. The second-order valence-corrected chi connectivity index (χ2v) is 3.43. The second kappa shape index (κ2) is 4.99. The second-order valence-electron chi connectivity index (χ2n) is 3.43. The van der Waals surface area contributed by atoms with Crippen molar-refractivity contribution >= 4 is 5.69 Å². The zero-order chi connectivity index (χ0) is 13.0. The summed E-state index contributed by atoms with van der Waals surface area (Å²) < 4.78 is 40.4. The van der Waals surface area contributed by atoms with E-state index < -0.39 is 6.36 Å². The smallest absolute Gasteiger partial charge is 0.404 e. The van der Waals surface area contributed by atoms with E-state index in [1.54, 1.807) is 18.5 Å². The van der Waals surface area contributed by atoms with Crippen LogP contribution in [0.15, 0.2) is 36.7 Å². The Hall–Kier alpha value is -2.18. The summed E-state index contributed by atoms with van der Waals surface area (Å²) in [5.74, 6) is 0.355. The van der Waals surface area contributed by atoms with E-state index in [4.69, 9.17) is 0 Å².